The van der Waals surface area contributed by atoms with Crippen molar-refractivity contribution < 1.29 is 0 Å². The Hall–Kier alpha value is -1.27. The van der Waals surface area contributed by atoms with Crippen molar-refractivity contribution in [1.29, 1.82) is 0 Å². The number of rotatable bonds is 3. The van der Waals surface area contributed by atoms with Gasteiger partial charge in [0.2, 0.25) is 0 Å². The highest BCUT2D eigenvalue weighted by Gasteiger charge is 1.96. The van der Waals surface area contributed by atoms with Gasteiger partial charge < -0.3 is 0 Å². The van der Waals surface area contributed by atoms with Crippen molar-refractivity contribution in [2.24, 2.45) is 0 Å². The zero-order valence-electron chi connectivity index (χ0n) is 8.36. The molecule has 0 fully saturated rings. The smallest absolute Gasteiger partial charge is 0.0408 e. The summed E-state index contributed by atoms with van der Waals surface area (Å²) in [6, 6.07) is 18.3. The number of halogens is 1. The van der Waals surface area contributed by atoms with Crippen molar-refractivity contribution >= 4 is 11.6 Å². The summed E-state index contributed by atoms with van der Waals surface area (Å²) in [4.78, 5) is 0. The van der Waals surface area contributed by atoms with E-state index in [1.165, 1.54) is 11.1 Å². The molecule has 0 unspecified atom stereocenters. The van der Waals surface area contributed by atoms with E-state index in [2.05, 4.69) is 36.8 Å². The van der Waals surface area contributed by atoms with Crippen molar-refractivity contribution in [2.75, 3.05) is 0 Å². The molecule has 0 aliphatic heterocycles. The van der Waals surface area contributed by atoms with Gasteiger partial charge in [0.15, 0.2) is 0 Å². The van der Waals surface area contributed by atoms with E-state index in [1.807, 2.05) is 24.3 Å². The van der Waals surface area contributed by atoms with Crippen LogP contribution in [0.15, 0.2) is 54.6 Å². The third-order valence-corrected chi connectivity index (χ3v) is 2.50. The van der Waals surface area contributed by atoms with Crippen molar-refractivity contribution in [1.82, 2.24) is 0 Å². The Kier molecular flexibility index (Phi) is 3.41. The highest BCUT2D eigenvalue weighted by Crippen LogP contribution is 2.14. The lowest BCUT2D eigenvalue weighted by molar-refractivity contribution is 1.17. The van der Waals surface area contributed by atoms with Crippen LogP contribution in [0.4, 0.5) is 0 Å². The molecule has 1 heteroatoms. The lowest BCUT2D eigenvalue weighted by atomic mass is 10.0. The van der Waals surface area contributed by atoms with Gasteiger partial charge in [-0.25, -0.2) is 0 Å². The van der Waals surface area contributed by atoms with Crippen LogP contribution in [-0.4, -0.2) is 0 Å². The summed E-state index contributed by atoms with van der Waals surface area (Å²) in [6.45, 7) is 0. The van der Waals surface area contributed by atoms with E-state index in [4.69, 9.17) is 11.6 Å². The SMILES string of the molecule is Clc1cccc([CH]Cc2ccccc2)c1. The normalized spacial score (nSPS) is 10.2. The van der Waals surface area contributed by atoms with E-state index in [1.54, 1.807) is 0 Å². The first kappa shape index (κ1) is 10.3. The van der Waals surface area contributed by atoms with Gasteiger partial charge in [-0.05, 0) is 36.1 Å². The van der Waals surface area contributed by atoms with Gasteiger partial charge in [0.05, 0.1) is 0 Å². The van der Waals surface area contributed by atoms with Crippen LogP contribution in [0, 0.1) is 6.42 Å². The third-order valence-electron chi connectivity index (χ3n) is 2.26. The quantitative estimate of drug-likeness (QED) is 0.722. The molecule has 0 saturated heterocycles. The Bertz CT molecular complexity index is 420. The molecule has 0 aromatic heterocycles. The molecule has 0 heterocycles. The summed E-state index contributed by atoms with van der Waals surface area (Å²) in [5, 5.41) is 0.789. The first-order chi connectivity index (χ1) is 7.34. The lowest BCUT2D eigenvalue weighted by Crippen LogP contribution is -1.87. The zero-order valence-corrected chi connectivity index (χ0v) is 9.11. The van der Waals surface area contributed by atoms with E-state index < -0.39 is 0 Å². The van der Waals surface area contributed by atoms with Crippen molar-refractivity contribution in [3.8, 4) is 0 Å². The molecule has 0 amide bonds. The van der Waals surface area contributed by atoms with Crippen LogP contribution in [0.1, 0.15) is 11.1 Å². The monoisotopic (exact) mass is 215 g/mol. The van der Waals surface area contributed by atoms with Crippen molar-refractivity contribution in [3.05, 3.63) is 77.2 Å². The van der Waals surface area contributed by atoms with Crippen LogP contribution in [-0.2, 0) is 6.42 Å². The maximum Gasteiger partial charge on any atom is 0.0408 e. The average molecular weight is 216 g/mol. The second-order valence-electron chi connectivity index (χ2n) is 3.45. The lowest BCUT2D eigenvalue weighted by Gasteiger charge is -2.01. The second kappa shape index (κ2) is 4.99. The van der Waals surface area contributed by atoms with Crippen LogP contribution in [0.3, 0.4) is 0 Å². The van der Waals surface area contributed by atoms with Gasteiger partial charge in [-0.3, -0.25) is 0 Å². The van der Waals surface area contributed by atoms with Crippen LogP contribution < -0.4 is 0 Å². The van der Waals surface area contributed by atoms with E-state index in [0.29, 0.717) is 0 Å². The molecule has 15 heavy (non-hydrogen) atoms. The first-order valence-corrected chi connectivity index (χ1v) is 5.35. The van der Waals surface area contributed by atoms with Gasteiger partial charge in [-0.15, -0.1) is 0 Å². The molecule has 75 valence electrons. The minimum Gasteiger partial charge on any atom is -0.0843 e. The molecule has 0 spiro atoms. The van der Waals surface area contributed by atoms with Crippen LogP contribution >= 0.6 is 11.6 Å². The Morgan fingerprint density at radius 3 is 2.47 bits per heavy atom. The molecule has 0 saturated carbocycles. The molecule has 2 rings (SSSR count). The molecule has 0 atom stereocenters. The molecule has 0 N–H and O–H groups in total. The van der Waals surface area contributed by atoms with Crippen molar-refractivity contribution in [2.45, 2.75) is 6.42 Å². The Labute approximate surface area is 95.5 Å². The summed E-state index contributed by atoms with van der Waals surface area (Å²) >= 11 is 5.91. The van der Waals surface area contributed by atoms with E-state index in [0.717, 1.165) is 11.4 Å². The van der Waals surface area contributed by atoms with E-state index in [9.17, 15) is 0 Å². The maximum absolute atomic E-state index is 5.91. The molecule has 0 aliphatic carbocycles. The fraction of sp³-hybridized carbons (Fsp3) is 0.0714. The number of benzene rings is 2. The van der Waals surface area contributed by atoms with Gasteiger partial charge in [0.25, 0.3) is 0 Å². The average Bonchev–Trinajstić information content (AvgIpc) is 2.28. The number of hydrogen-bond acceptors (Lipinski definition) is 0. The first-order valence-electron chi connectivity index (χ1n) is 4.97. The van der Waals surface area contributed by atoms with Crippen molar-refractivity contribution in [3.63, 3.8) is 0 Å². The molecule has 1 radical (unpaired) electrons. The largest absolute Gasteiger partial charge is 0.0843 e. The molecule has 0 nitrogen and oxygen atoms in total. The van der Waals surface area contributed by atoms with E-state index in [-0.39, 0.29) is 0 Å². The van der Waals surface area contributed by atoms with Gasteiger partial charge in [0, 0.05) is 5.02 Å². The Morgan fingerprint density at radius 1 is 0.933 bits per heavy atom. The van der Waals surface area contributed by atoms with Crippen LogP contribution in [0.5, 0.6) is 0 Å². The fourth-order valence-electron chi connectivity index (χ4n) is 1.48. The Morgan fingerprint density at radius 2 is 1.73 bits per heavy atom. The zero-order chi connectivity index (χ0) is 10.5. The maximum atomic E-state index is 5.91. The summed E-state index contributed by atoms with van der Waals surface area (Å²) in [6.07, 6.45) is 3.13. The van der Waals surface area contributed by atoms with Gasteiger partial charge in [-0.1, -0.05) is 54.1 Å². The molecule has 0 bridgehead atoms. The van der Waals surface area contributed by atoms with Crippen LogP contribution in [0.2, 0.25) is 5.02 Å². The number of hydrogen-bond donors (Lipinski definition) is 0. The predicted octanol–water partition coefficient (Wildman–Crippen LogP) is 4.14. The molecule has 0 aliphatic rings. The Balaban J connectivity index is 1.99. The molecule has 2 aromatic rings. The summed E-state index contributed by atoms with van der Waals surface area (Å²) in [5.41, 5.74) is 2.49. The summed E-state index contributed by atoms with van der Waals surface area (Å²) < 4.78 is 0. The predicted molar refractivity (Wildman–Crippen MR) is 65.0 cm³/mol. The van der Waals surface area contributed by atoms with E-state index >= 15 is 0 Å². The van der Waals surface area contributed by atoms with Crippen LogP contribution in [0.25, 0.3) is 0 Å². The second-order valence-corrected chi connectivity index (χ2v) is 3.89. The van der Waals surface area contributed by atoms with Gasteiger partial charge in [0.1, 0.15) is 0 Å². The highest BCUT2D eigenvalue weighted by molar-refractivity contribution is 6.30. The minimum atomic E-state index is 0.789. The summed E-state index contributed by atoms with van der Waals surface area (Å²) in [7, 11) is 0. The molecular formula is C14H12Cl. The molecule has 2 aromatic carbocycles. The van der Waals surface area contributed by atoms with Gasteiger partial charge in [-0.2, -0.15) is 0 Å². The van der Waals surface area contributed by atoms with Gasteiger partial charge >= 0.3 is 0 Å². The highest BCUT2D eigenvalue weighted by atomic mass is 35.5. The fourth-order valence-corrected chi connectivity index (χ4v) is 1.68. The molecular weight excluding hydrogens is 204 g/mol. The summed E-state index contributed by atoms with van der Waals surface area (Å²) in [5.74, 6) is 0. The topological polar surface area (TPSA) is 0 Å². The standard InChI is InChI=1S/C14H12Cl/c15-14-8-4-7-13(11-14)10-9-12-5-2-1-3-6-12/h1-8,10-11H,9H2. The minimum absolute atomic E-state index is 0.789. The third kappa shape index (κ3) is 3.10.